The van der Waals surface area contributed by atoms with Crippen LogP contribution in [0.4, 0.5) is 0 Å². The summed E-state index contributed by atoms with van der Waals surface area (Å²) in [5, 5.41) is 22.8. The van der Waals surface area contributed by atoms with Crippen LogP contribution in [0.3, 0.4) is 0 Å². The van der Waals surface area contributed by atoms with Crippen molar-refractivity contribution in [1.82, 2.24) is 9.78 Å². The first-order valence-corrected chi connectivity index (χ1v) is 6.88. The van der Waals surface area contributed by atoms with E-state index in [1.54, 1.807) is 28.9 Å². The number of ether oxygens (including phenoxy) is 1. The molecule has 0 aliphatic heterocycles. The van der Waals surface area contributed by atoms with Crippen LogP contribution < -0.4 is 4.74 Å². The first-order valence-electron chi connectivity index (χ1n) is 6.09. The van der Waals surface area contributed by atoms with Gasteiger partial charge in [-0.15, -0.1) is 0 Å². The van der Waals surface area contributed by atoms with Crippen LogP contribution in [0.25, 0.3) is 0 Å². The lowest BCUT2D eigenvalue weighted by Crippen LogP contribution is -2.23. The quantitative estimate of drug-likeness (QED) is 0.909. The van der Waals surface area contributed by atoms with Crippen LogP contribution in [0.2, 0.25) is 0 Å². The van der Waals surface area contributed by atoms with Gasteiger partial charge in [-0.2, -0.15) is 10.4 Å². The first-order chi connectivity index (χ1) is 9.58. The summed E-state index contributed by atoms with van der Waals surface area (Å²) in [6, 6.07) is 8.81. The second kappa shape index (κ2) is 6.55. The summed E-state index contributed by atoms with van der Waals surface area (Å²) in [7, 11) is 0. The zero-order valence-corrected chi connectivity index (χ0v) is 12.5. The number of hydrogen-bond acceptors (Lipinski definition) is 4. The van der Waals surface area contributed by atoms with E-state index in [0.29, 0.717) is 17.9 Å². The monoisotopic (exact) mass is 335 g/mol. The standard InChI is InChI=1S/C14H14BrN3O2/c1-10-14(15)8-18(17-10)7-12(19)9-20-13-4-2-11(6-16)3-5-13/h2-5,8,12,19H,7,9H2,1H3/t12-/m1/s1. The fraction of sp³-hybridized carbons (Fsp3) is 0.286. The minimum Gasteiger partial charge on any atom is -0.491 e. The lowest BCUT2D eigenvalue weighted by molar-refractivity contribution is 0.0892. The van der Waals surface area contributed by atoms with Gasteiger partial charge in [0, 0.05) is 6.20 Å². The molecular formula is C14H14BrN3O2. The zero-order chi connectivity index (χ0) is 14.5. The molecule has 0 aliphatic carbocycles. The molecule has 104 valence electrons. The molecule has 0 unspecified atom stereocenters. The summed E-state index contributed by atoms with van der Waals surface area (Å²) in [5.74, 6) is 0.626. The van der Waals surface area contributed by atoms with Crippen LogP contribution in [0.5, 0.6) is 5.75 Å². The maximum atomic E-state index is 9.91. The summed E-state index contributed by atoms with van der Waals surface area (Å²) in [5.41, 5.74) is 1.46. The molecule has 1 heterocycles. The van der Waals surface area contributed by atoms with Crippen molar-refractivity contribution in [2.75, 3.05) is 6.61 Å². The Kier molecular flexibility index (Phi) is 4.77. The number of aryl methyl sites for hydroxylation is 1. The van der Waals surface area contributed by atoms with E-state index in [-0.39, 0.29) is 6.61 Å². The maximum Gasteiger partial charge on any atom is 0.119 e. The van der Waals surface area contributed by atoms with Crippen molar-refractivity contribution >= 4 is 15.9 Å². The van der Waals surface area contributed by atoms with Crippen LogP contribution in [0.1, 0.15) is 11.3 Å². The average Bonchev–Trinajstić information content (AvgIpc) is 2.75. The molecule has 0 bridgehead atoms. The van der Waals surface area contributed by atoms with E-state index >= 15 is 0 Å². The molecule has 1 aromatic carbocycles. The number of hydrogen-bond donors (Lipinski definition) is 1. The van der Waals surface area contributed by atoms with Crippen LogP contribution >= 0.6 is 15.9 Å². The average molecular weight is 336 g/mol. The third-order valence-electron chi connectivity index (χ3n) is 2.71. The Labute approximate surface area is 125 Å². The van der Waals surface area contributed by atoms with E-state index < -0.39 is 6.10 Å². The van der Waals surface area contributed by atoms with Crippen molar-refractivity contribution < 1.29 is 9.84 Å². The molecule has 0 radical (unpaired) electrons. The number of aromatic nitrogens is 2. The third-order valence-corrected chi connectivity index (χ3v) is 3.49. The van der Waals surface area contributed by atoms with Crippen molar-refractivity contribution in [2.24, 2.45) is 0 Å². The number of halogens is 1. The number of benzene rings is 1. The highest BCUT2D eigenvalue weighted by Crippen LogP contribution is 2.14. The summed E-state index contributed by atoms with van der Waals surface area (Å²) < 4.78 is 8.05. The lowest BCUT2D eigenvalue weighted by Gasteiger charge is -2.12. The van der Waals surface area contributed by atoms with Crippen LogP contribution in [-0.4, -0.2) is 27.6 Å². The van der Waals surface area contributed by atoms with E-state index in [0.717, 1.165) is 10.2 Å². The third kappa shape index (κ3) is 3.83. The van der Waals surface area contributed by atoms with Crippen LogP contribution in [-0.2, 0) is 6.54 Å². The highest BCUT2D eigenvalue weighted by Gasteiger charge is 2.09. The first kappa shape index (κ1) is 14.6. The van der Waals surface area contributed by atoms with Gasteiger partial charge >= 0.3 is 0 Å². The van der Waals surface area contributed by atoms with E-state index in [2.05, 4.69) is 21.0 Å². The number of nitriles is 1. The summed E-state index contributed by atoms with van der Waals surface area (Å²) in [6.45, 7) is 2.42. The Morgan fingerprint density at radius 2 is 2.15 bits per heavy atom. The normalized spacial score (nSPS) is 11.9. The maximum absolute atomic E-state index is 9.91. The predicted molar refractivity (Wildman–Crippen MR) is 77.3 cm³/mol. The Balaban J connectivity index is 1.85. The summed E-state index contributed by atoms with van der Waals surface area (Å²) in [4.78, 5) is 0. The molecule has 0 saturated carbocycles. The van der Waals surface area contributed by atoms with Gasteiger partial charge in [-0.1, -0.05) is 0 Å². The van der Waals surface area contributed by atoms with Crippen molar-refractivity contribution in [2.45, 2.75) is 19.6 Å². The predicted octanol–water partition coefficient (Wildman–Crippen LogP) is 2.27. The topological polar surface area (TPSA) is 71.1 Å². The SMILES string of the molecule is Cc1nn(C[C@@H](O)COc2ccc(C#N)cc2)cc1Br. The van der Waals surface area contributed by atoms with Crippen LogP contribution in [0, 0.1) is 18.3 Å². The van der Waals surface area contributed by atoms with Crippen LogP contribution in [0.15, 0.2) is 34.9 Å². The van der Waals surface area contributed by atoms with Gasteiger partial charge in [-0.25, -0.2) is 0 Å². The number of aliphatic hydroxyl groups excluding tert-OH is 1. The molecule has 6 heteroatoms. The summed E-state index contributed by atoms with van der Waals surface area (Å²) >= 11 is 3.37. The van der Waals surface area contributed by atoms with Gasteiger partial charge in [-0.3, -0.25) is 4.68 Å². The Morgan fingerprint density at radius 1 is 1.45 bits per heavy atom. The summed E-state index contributed by atoms with van der Waals surface area (Å²) in [6.07, 6.45) is 1.16. The molecule has 0 saturated heterocycles. The second-order valence-electron chi connectivity index (χ2n) is 4.39. The highest BCUT2D eigenvalue weighted by atomic mass is 79.9. The van der Waals surface area contributed by atoms with Crippen molar-refractivity contribution in [1.29, 1.82) is 5.26 Å². The van der Waals surface area contributed by atoms with Crippen molar-refractivity contribution in [3.05, 3.63) is 46.2 Å². The van der Waals surface area contributed by atoms with Crippen molar-refractivity contribution in [3.8, 4) is 11.8 Å². The molecule has 1 N–H and O–H groups in total. The van der Waals surface area contributed by atoms with Gasteiger partial charge in [-0.05, 0) is 47.1 Å². The number of rotatable bonds is 5. The number of nitrogens with zero attached hydrogens (tertiary/aromatic N) is 3. The molecule has 0 aliphatic rings. The van der Waals surface area contributed by atoms with Gasteiger partial charge in [0.2, 0.25) is 0 Å². The van der Waals surface area contributed by atoms with E-state index in [4.69, 9.17) is 10.00 Å². The van der Waals surface area contributed by atoms with Gasteiger partial charge in [0.05, 0.1) is 28.3 Å². The molecule has 0 spiro atoms. The molecule has 20 heavy (non-hydrogen) atoms. The lowest BCUT2D eigenvalue weighted by atomic mass is 10.2. The van der Waals surface area contributed by atoms with Gasteiger partial charge < -0.3 is 9.84 Å². The smallest absolute Gasteiger partial charge is 0.119 e. The van der Waals surface area contributed by atoms with E-state index in [1.165, 1.54) is 0 Å². The molecule has 2 aromatic rings. The molecule has 0 amide bonds. The zero-order valence-electron chi connectivity index (χ0n) is 11.0. The van der Waals surface area contributed by atoms with E-state index in [9.17, 15) is 5.11 Å². The molecule has 1 aromatic heterocycles. The van der Waals surface area contributed by atoms with E-state index in [1.807, 2.05) is 19.2 Å². The minimum atomic E-state index is -0.656. The van der Waals surface area contributed by atoms with Crippen molar-refractivity contribution in [3.63, 3.8) is 0 Å². The second-order valence-corrected chi connectivity index (χ2v) is 5.24. The largest absolute Gasteiger partial charge is 0.491 e. The molecule has 1 atom stereocenters. The minimum absolute atomic E-state index is 0.169. The molecule has 2 rings (SSSR count). The Bertz CT molecular complexity index is 597. The molecule has 0 fully saturated rings. The van der Waals surface area contributed by atoms with Gasteiger partial charge in [0.1, 0.15) is 18.5 Å². The molecule has 5 nitrogen and oxygen atoms in total. The number of aliphatic hydroxyl groups is 1. The fourth-order valence-electron chi connectivity index (χ4n) is 1.67. The van der Waals surface area contributed by atoms with Gasteiger partial charge in [0.15, 0.2) is 0 Å². The Hall–Kier alpha value is -1.84. The molecular weight excluding hydrogens is 322 g/mol. The highest BCUT2D eigenvalue weighted by molar-refractivity contribution is 9.10. The fourth-order valence-corrected chi connectivity index (χ4v) is 1.99. The Morgan fingerprint density at radius 3 is 2.70 bits per heavy atom. The van der Waals surface area contributed by atoms with Gasteiger partial charge in [0.25, 0.3) is 0 Å².